The summed E-state index contributed by atoms with van der Waals surface area (Å²) in [7, 11) is 0. The molecule has 2 saturated heterocycles. The van der Waals surface area contributed by atoms with Gasteiger partial charge in [0.15, 0.2) is 0 Å². The van der Waals surface area contributed by atoms with E-state index in [1.165, 1.54) is 38.5 Å². The van der Waals surface area contributed by atoms with E-state index in [0.717, 1.165) is 19.0 Å². The Bertz CT molecular complexity index is 345. The lowest BCUT2D eigenvalue weighted by Gasteiger charge is -2.45. The molecule has 2 aliphatic heterocycles. The van der Waals surface area contributed by atoms with Crippen LogP contribution in [0.3, 0.4) is 0 Å². The monoisotopic (exact) mass is 280 g/mol. The van der Waals surface area contributed by atoms with Gasteiger partial charge in [-0.1, -0.05) is 19.8 Å². The van der Waals surface area contributed by atoms with Crippen molar-refractivity contribution >= 4 is 5.91 Å². The molecule has 20 heavy (non-hydrogen) atoms. The Morgan fingerprint density at radius 1 is 1.20 bits per heavy atom. The zero-order valence-electron chi connectivity index (χ0n) is 12.6. The number of fused-ring (bicyclic) bond motifs is 1. The van der Waals surface area contributed by atoms with E-state index in [1.807, 2.05) is 0 Å². The van der Waals surface area contributed by atoms with Crippen molar-refractivity contribution in [2.24, 2.45) is 11.8 Å². The first-order valence-electron chi connectivity index (χ1n) is 8.43. The smallest absolute Gasteiger partial charge is 0.229 e. The molecule has 0 aromatic rings. The molecule has 3 aliphatic rings. The van der Waals surface area contributed by atoms with Crippen molar-refractivity contribution in [2.75, 3.05) is 26.3 Å². The number of hydrogen-bond acceptors (Lipinski definition) is 3. The SMILES string of the molecule is CCNC1COCC1C(=O)N1CCC[C@H]2CCCC[C@H]21. The maximum absolute atomic E-state index is 12.9. The van der Waals surface area contributed by atoms with Gasteiger partial charge < -0.3 is 15.0 Å². The Kier molecular flexibility index (Phi) is 4.61. The summed E-state index contributed by atoms with van der Waals surface area (Å²) in [5, 5.41) is 3.41. The normalized spacial score (nSPS) is 37.8. The molecule has 4 atom stereocenters. The Morgan fingerprint density at radius 3 is 2.85 bits per heavy atom. The number of ether oxygens (including phenoxy) is 1. The molecule has 0 bridgehead atoms. The number of nitrogens with one attached hydrogen (secondary N) is 1. The molecule has 1 aliphatic carbocycles. The first-order chi connectivity index (χ1) is 9.81. The van der Waals surface area contributed by atoms with Crippen LogP contribution in [0.25, 0.3) is 0 Å². The minimum Gasteiger partial charge on any atom is -0.379 e. The molecule has 3 rings (SSSR count). The lowest BCUT2D eigenvalue weighted by Crippen LogP contribution is -2.54. The van der Waals surface area contributed by atoms with Gasteiger partial charge in [0.25, 0.3) is 0 Å². The van der Waals surface area contributed by atoms with Crippen LogP contribution >= 0.6 is 0 Å². The molecular formula is C16H28N2O2. The van der Waals surface area contributed by atoms with E-state index in [-0.39, 0.29) is 12.0 Å². The molecule has 4 nitrogen and oxygen atoms in total. The number of likely N-dealkylation sites (tertiary alicyclic amines) is 1. The second-order valence-corrected chi connectivity index (χ2v) is 6.59. The van der Waals surface area contributed by atoms with Crippen molar-refractivity contribution in [3.63, 3.8) is 0 Å². The summed E-state index contributed by atoms with van der Waals surface area (Å²) < 4.78 is 5.56. The van der Waals surface area contributed by atoms with E-state index >= 15 is 0 Å². The molecule has 114 valence electrons. The number of likely N-dealkylation sites (N-methyl/N-ethyl adjacent to an activating group) is 1. The Balaban J connectivity index is 1.68. The highest BCUT2D eigenvalue weighted by atomic mass is 16.5. The summed E-state index contributed by atoms with van der Waals surface area (Å²) in [5.74, 6) is 1.15. The molecule has 0 radical (unpaired) electrons. The van der Waals surface area contributed by atoms with Crippen LogP contribution in [-0.4, -0.2) is 49.2 Å². The highest BCUT2D eigenvalue weighted by Crippen LogP contribution is 2.36. The fraction of sp³-hybridized carbons (Fsp3) is 0.938. The van der Waals surface area contributed by atoms with Gasteiger partial charge in [-0.15, -0.1) is 0 Å². The lowest BCUT2D eigenvalue weighted by molar-refractivity contribution is -0.142. The predicted octanol–water partition coefficient (Wildman–Crippen LogP) is 1.79. The molecular weight excluding hydrogens is 252 g/mol. The summed E-state index contributed by atoms with van der Waals surface area (Å²) in [6.45, 7) is 5.26. The number of rotatable bonds is 3. The molecule has 2 heterocycles. The van der Waals surface area contributed by atoms with Crippen LogP contribution in [0.2, 0.25) is 0 Å². The van der Waals surface area contributed by atoms with E-state index in [0.29, 0.717) is 25.2 Å². The van der Waals surface area contributed by atoms with Crippen molar-refractivity contribution in [3.8, 4) is 0 Å². The van der Waals surface area contributed by atoms with Crippen LogP contribution in [0.4, 0.5) is 0 Å². The van der Waals surface area contributed by atoms with Gasteiger partial charge in [-0.25, -0.2) is 0 Å². The van der Waals surface area contributed by atoms with Crippen molar-refractivity contribution < 1.29 is 9.53 Å². The summed E-state index contributed by atoms with van der Waals surface area (Å²) in [4.78, 5) is 15.2. The average molecular weight is 280 g/mol. The predicted molar refractivity (Wildman–Crippen MR) is 78.5 cm³/mol. The molecule has 1 saturated carbocycles. The number of carbonyl (C=O) groups is 1. The van der Waals surface area contributed by atoms with Crippen LogP contribution in [0, 0.1) is 11.8 Å². The second-order valence-electron chi connectivity index (χ2n) is 6.59. The van der Waals surface area contributed by atoms with Crippen molar-refractivity contribution in [1.29, 1.82) is 0 Å². The quantitative estimate of drug-likeness (QED) is 0.857. The van der Waals surface area contributed by atoms with E-state index in [2.05, 4.69) is 17.1 Å². The van der Waals surface area contributed by atoms with Crippen molar-refractivity contribution in [2.45, 2.75) is 57.5 Å². The van der Waals surface area contributed by atoms with Gasteiger partial charge in [0, 0.05) is 18.6 Å². The van der Waals surface area contributed by atoms with Crippen molar-refractivity contribution in [3.05, 3.63) is 0 Å². The number of hydrogen-bond donors (Lipinski definition) is 1. The third kappa shape index (κ3) is 2.73. The second kappa shape index (κ2) is 6.44. The Morgan fingerprint density at radius 2 is 2.00 bits per heavy atom. The van der Waals surface area contributed by atoms with Crippen LogP contribution in [0.1, 0.15) is 45.4 Å². The number of amides is 1. The van der Waals surface area contributed by atoms with E-state index in [9.17, 15) is 4.79 Å². The molecule has 1 amide bonds. The van der Waals surface area contributed by atoms with Crippen molar-refractivity contribution in [1.82, 2.24) is 10.2 Å². The molecule has 0 spiro atoms. The van der Waals surface area contributed by atoms with Crippen LogP contribution in [0.5, 0.6) is 0 Å². The zero-order chi connectivity index (χ0) is 13.9. The standard InChI is InChI=1S/C16H28N2O2/c1-2-17-14-11-20-10-13(14)16(19)18-9-5-7-12-6-3-4-8-15(12)18/h12-15,17H,2-11H2,1H3/t12-,13?,14?,15-/m1/s1. The summed E-state index contributed by atoms with van der Waals surface area (Å²) in [6.07, 6.45) is 7.71. The first-order valence-corrected chi connectivity index (χ1v) is 8.43. The fourth-order valence-electron chi connectivity index (χ4n) is 4.37. The summed E-state index contributed by atoms with van der Waals surface area (Å²) in [6, 6.07) is 0.740. The molecule has 0 aromatic heterocycles. The van der Waals surface area contributed by atoms with Gasteiger partial charge in [0.05, 0.1) is 19.1 Å². The van der Waals surface area contributed by atoms with Gasteiger partial charge in [-0.05, 0) is 38.1 Å². The van der Waals surface area contributed by atoms with E-state index in [1.54, 1.807) is 0 Å². The summed E-state index contributed by atoms with van der Waals surface area (Å²) in [5.41, 5.74) is 0. The third-order valence-corrected chi connectivity index (χ3v) is 5.39. The third-order valence-electron chi connectivity index (χ3n) is 5.39. The Hall–Kier alpha value is -0.610. The van der Waals surface area contributed by atoms with Crippen LogP contribution < -0.4 is 5.32 Å². The average Bonchev–Trinajstić information content (AvgIpc) is 2.94. The first kappa shape index (κ1) is 14.3. The van der Waals surface area contributed by atoms with E-state index in [4.69, 9.17) is 4.74 Å². The van der Waals surface area contributed by atoms with Gasteiger partial charge >= 0.3 is 0 Å². The Labute approximate surface area is 122 Å². The minimum atomic E-state index is 0.0376. The topological polar surface area (TPSA) is 41.6 Å². The van der Waals surface area contributed by atoms with Crippen LogP contribution in [0.15, 0.2) is 0 Å². The highest BCUT2D eigenvalue weighted by molar-refractivity contribution is 5.80. The van der Waals surface area contributed by atoms with Gasteiger partial charge in [-0.2, -0.15) is 0 Å². The largest absolute Gasteiger partial charge is 0.379 e. The number of nitrogens with zero attached hydrogens (tertiary/aromatic N) is 1. The van der Waals surface area contributed by atoms with Gasteiger partial charge in [0.2, 0.25) is 5.91 Å². The highest BCUT2D eigenvalue weighted by Gasteiger charge is 2.41. The molecule has 1 N–H and O–H groups in total. The summed E-state index contributed by atoms with van der Waals surface area (Å²) >= 11 is 0. The van der Waals surface area contributed by atoms with Crippen LogP contribution in [-0.2, 0) is 9.53 Å². The van der Waals surface area contributed by atoms with Gasteiger partial charge in [0.1, 0.15) is 0 Å². The molecule has 3 fully saturated rings. The molecule has 2 unspecified atom stereocenters. The van der Waals surface area contributed by atoms with Gasteiger partial charge in [-0.3, -0.25) is 4.79 Å². The number of carbonyl (C=O) groups excluding carboxylic acids is 1. The minimum absolute atomic E-state index is 0.0376. The van der Waals surface area contributed by atoms with E-state index < -0.39 is 0 Å². The molecule has 0 aromatic carbocycles. The maximum Gasteiger partial charge on any atom is 0.229 e. The lowest BCUT2D eigenvalue weighted by atomic mass is 9.78. The number of piperidine rings is 1. The maximum atomic E-state index is 12.9. The zero-order valence-corrected chi connectivity index (χ0v) is 12.6. The molecule has 4 heteroatoms. The fourth-order valence-corrected chi connectivity index (χ4v) is 4.37.